The van der Waals surface area contributed by atoms with Gasteiger partial charge < -0.3 is 10.1 Å². The summed E-state index contributed by atoms with van der Waals surface area (Å²) >= 11 is 0. The zero-order chi connectivity index (χ0) is 18.1. The molecule has 2 rings (SSSR count). The second-order valence-corrected chi connectivity index (χ2v) is 6.07. The molecule has 0 fully saturated rings. The average Bonchev–Trinajstić information content (AvgIpc) is 2.64. The van der Waals surface area contributed by atoms with Crippen molar-refractivity contribution >= 4 is 5.90 Å². The molecule has 0 radical (unpaired) electrons. The molecule has 0 spiro atoms. The first-order valence-electron chi connectivity index (χ1n) is 8.85. The monoisotopic (exact) mass is 336 g/mol. The quantitative estimate of drug-likeness (QED) is 0.315. The topological polar surface area (TPSA) is 33.6 Å². The van der Waals surface area contributed by atoms with Gasteiger partial charge in [-0.3, -0.25) is 4.99 Å². The normalized spacial score (nSPS) is 11.4. The molecule has 3 nitrogen and oxygen atoms in total. The van der Waals surface area contributed by atoms with Gasteiger partial charge in [0, 0.05) is 19.2 Å². The van der Waals surface area contributed by atoms with Crippen molar-refractivity contribution in [2.45, 2.75) is 33.2 Å². The van der Waals surface area contributed by atoms with E-state index in [2.05, 4.69) is 67.1 Å². The molecule has 25 heavy (non-hydrogen) atoms. The number of unbranched alkanes of at least 4 members (excludes halogenated alkanes) is 1. The van der Waals surface area contributed by atoms with Crippen LogP contribution < -0.4 is 5.32 Å². The van der Waals surface area contributed by atoms with Crippen LogP contribution >= 0.6 is 0 Å². The summed E-state index contributed by atoms with van der Waals surface area (Å²) in [4.78, 5) is 4.19. The first-order valence-corrected chi connectivity index (χ1v) is 8.85. The van der Waals surface area contributed by atoms with E-state index >= 15 is 0 Å². The SMILES string of the molecule is C=COC(=NC)c1ccc(C)c(-c2ccc(CNCCCC)cc2)c1. The number of nitrogens with one attached hydrogen (secondary N) is 1. The maximum absolute atomic E-state index is 5.40. The lowest BCUT2D eigenvalue weighted by Gasteiger charge is -2.11. The van der Waals surface area contributed by atoms with E-state index in [1.54, 1.807) is 7.05 Å². The Bertz CT molecular complexity index is 717. The molecule has 0 aromatic heterocycles. The van der Waals surface area contributed by atoms with E-state index in [-0.39, 0.29) is 0 Å². The van der Waals surface area contributed by atoms with Gasteiger partial charge in [0.1, 0.15) is 0 Å². The molecule has 0 heterocycles. The summed E-state index contributed by atoms with van der Waals surface area (Å²) in [5.74, 6) is 0.577. The van der Waals surface area contributed by atoms with Crippen LogP contribution in [-0.2, 0) is 11.3 Å². The third-order valence-corrected chi connectivity index (χ3v) is 4.18. The molecule has 0 aliphatic heterocycles. The molecule has 2 aromatic rings. The fourth-order valence-electron chi connectivity index (χ4n) is 2.73. The van der Waals surface area contributed by atoms with Gasteiger partial charge in [0.2, 0.25) is 5.90 Å². The molecule has 0 bridgehead atoms. The predicted molar refractivity (Wildman–Crippen MR) is 107 cm³/mol. The lowest BCUT2D eigenvalue weighted by molar-refractivity contribution is 0.475. The average molecular weight is 336 g/mol. The molecule has 0 aliphatic rings. The van der Waals surface area contributed by atoms with Gasteiger partial charge >= 0.3 is 0 Å². The Labute approximate surface area is 151 Å². The lowest BCUT2D eigenvalue weighted by Crippen LogP contribution is -2.14. The number of aryl methyl sites for hydroxylation is 1. The van der Waals surface area contributed by atoms with Gasteiger partial charge in [-0.05, 0) is 54.3 Å². The van der Waals surface area contributed by atoms with Crippen LogP contribution in [0.1, 0.15) is 36.5 Å². The number of ether oxygens (including phenoxy) is 1. The molecule has 0 atom stereocenters. The van der Waals surface area contributed by atoms with Crippen molar-refractivity contribution in [2.75, 3.05) is 13.6 Å². The van der Waals surface area contributed by atoms with Crippen molar-refractivity contribution in [3.05, 3.63) is 72.0 Å². The summed E-state index contributed by atoms with van der Waals surface area (Å²) in [6.07, 6.45) is 3.85. The van der Waals surface area contributed by atoms with Gasteiger partial charge in [0.05, 0.1) is 6.26 Å². The van der Waals surface area contributed by atoms with Gasteiger partial charge in [-0.25, -0.2) is 0 Å². The van der Waals surface area contributed by atoms with Crippen LogP contribution in [0.15, 0.2) is 60.3 Å². The van der Waals surface area contributed by atoms with E-state index in [9.17, 15) is 0 Å². The Hall–Kier alpha value is -2.39. The van der Waals surface area contributed by atoms with E-state index in [0.717, 1.165) is 18.7 Å². The summed E-state index contributed by atoms with van der Waals surface area (Å²) in [6.45, 7) is 9.93. The molecule has 0 saturated heterocycles. The van der Waals surface area contributed by atoms with Gasteiger partial charge in [0.25, 0.3) is 0 Å². The zero-order valence-corrected chi connectivity index (χ0v) is 15.5. The van der Waals surface area contributed by atoms with Crippen LogP contribution in [0.5, 0.6) is 0 Å². The largest absolute Gasteiger partial charge is 0.447 e. The summed E-state index contributed by atoms with van der Waals surface area (Å²) in [6, 6.07) is 15.0. The second kappa shape index (κ2) is 9.80. The van der Waals surface area contributed by atoms with Gasteiger partial charge in [-0.15, -0.1) is 0 Å². The van der Waals surface area contributed by atoms with Crippen LogP contribution in [0.25, 0.3) is 11.1 Å². The summed E-state index contributed by atoms with van der Waals surface area (Å²) in [5, 5.41) is 3.48. The Balaban J connectivity index is 2.18. The van der Waals surface area contributed by atoms with E-state index in [1.807, 2.05) is 6.07 Å². The molecule has 0 amide bonds. The number of nitrogens with zero attached hydrogens (tertiary/aromatic N) is 1. The van der Waals surface area contributed by atoms with Crippen molar-refractivity contribution in [3.63, 3.8) is 0 Å². The standard InChI is InChI=1S/C22H28N2O/c1-5-7-14-24-16-18-9-12-19(13-10-18)21-15-20(11-8-17(21)3)22(23-4)25-6-2/h6,8-13,15,24H,2,5,7,14,16H2,1,3-4H3. The molecule has 0 saturated carbocycles. The van der Waals surface area contributed by atoms with Crippen molar-refractivity contribution in [1.29, 1.82) is 0 Å². The highest BCUT2D eigenvalue weighted by Gasteiger charge is 2.08. The highest BCUT2D eigenvalue weighted by Crippen LogP contribution is 2.25. The molecular weight excluding hydrogens is 308 g/mol. The highest BCUT2D eigenvalue weighted by molar-refractivity contribution is 5.96. The van der Waals surface area contributed by atoms with Crippen molar-refractivity contribution < 1.29 is 4.74 Å². The first-order chi connectivity index (χ1) is 12.2. The number of rotatable bonds is 8. The maximum atomic E-state index is 5.40. The fraction of sp³-hybridized carbons (Fsp3) is 0.318. The summed E-state index contributed by atoms with van der Waals surface area (Å²) in [7, 11) is 1.72. The molecule has 132 valence electrons. The number of benzene rings is 2. The van der Waals surface area contributed by atoms with Crippen LogP contribution in [0.4, 0.5) is 0 Å². The molecule has 3 heteroatoms. The number of aliphatic imine (C=N–C) groups is 1. The smallest absolute Gasteiger partial charge is 0.220 e. The fourth-order valence-corrected chi connectivity index (χ4v) is 2.73. The Kier molecular flexibility index (Phi) is 7.42. The minimum absolute atomic E-state index is 0.577. The third-order valence-electron chi connectivity index (χ3n) is 4.18. The lowest BCUT2D eigenvalue weighted by atomic mass is 9.97. The summed E-state index contributed by atoms with van der Waals surface area (Å²) in [5.41, 5.74) is 5.88. The zero-order valence-electron chi connectivity index (χ0n) is 15.5. The number of hydrogen-bond acceptors (Lipinski definition) is 3. The van der Waals surface area contributed by atoms with Crippen molar-refractivity contribution in [2.24, 2.45) is 4.99 Å². The van der Waals surface area contributed by atoms with Gasteiger partial charge in [-0.1, -0.05) is 50.3 Å². The van der Waals surface area contributed by atoms with Gasteiger partial charge in [0.15, 0.2) is 0 Å². The molecular formula is C22H28N2O. The molecule has 0 unspecified atom stereocenters. The van der Waals surface area contributed by atoms with Crippen LogP contribution in [0.3, 0.4) is 0 Å². The Morgan fingerprint density at radius 1 is 1.20 bits per heavy atom. The molecule has 2 aromatic carbocycles. The highest BCUT2D eigenvalue weighted by atomic mass is 16.5. The molecule has 1 N–H and O–H groups in total. The Morgan fingerprint density at radius 2 is 1.96 bits per heavy atom. The van der Waals surface area contributed by atoms with E-state index in [4.69, 9.17) is 4.74 Å². The maximum Gasteiger partial charge on any atom is 0.220 e. The van der Waals surface area contributed by atoms with Crippen molar-refractivity contribution in [1.82, 2.24) is 5.32 Å². The van der Waals surface area contributed by atoms with Crippen LogP contribution in [0.2, 0.25) is 0 Å². The van der Waals surface area contributed by atoms with Gasteiger partial charge in [-0.2, -0.15) is 0 Å². The summed E-state index contributed by atoms with van der Waals surface area (Å²) < 4.78 is 5.40. The number of hydrogen-bond donors (Lipinski definition) is 1. The third kappa shape index (κ3) is 5.30. The van der Waals surface area contributed by atoms with Crippen molar-refractivity contribution in [3.8, 4) is 11.1 Å². The van der Waals surface area contributed by atoms with Crippen LogP contribution in [0, 0.1) is 6.92 Å². The second-order valence-electron chi connectivity index (χ2n) is 6.07. The predicted octanol–water partition coefficient (Wildman–Crippen LogP) is 5.09. The van der Waals surface area contributed by atoms with E-state index < -0.39 is 0 Å². The minimum Gasteiger partial charge on any atom is -0.447 e. The van der Waals surface area contributed by atoms with E-state index in [0.29, 0.717) is 5.90 Å². The molecule has 0 aliphatic carbocycles. The first kappa shape index (κ1) is 18.9. The minimum atomic E-state index is 0.577. The van der Waals surface area contributed by atoms with E-state index in [1.165, 1.54) is 41.4 Å². The Morgan fingerprint density at radius 3 is 2.60 bits per heavy atom. The van der Waals surface area contributed by atoms with Crippen LogP contribution in [-0.4, -0.2) is 19.5 Å².